The summed E-state index contributed by atoms with van der Waals surface area (Å²) in [4.78, 5) is 0.260. The zero-order valence-corrected chi connectivity index (χ0v) is 12.5. The minimum Gasteiger partial charge on any atom is -0.489 e. The van der Waals surface area contributed by atoms with E-state index in [2.05, 4.69) is 25.7 Å². The molecule has 1 rings (SSSR count). The van der Waals surface area contributed by atoms with Crippen molar-refractivity contribution in [3.63, 3.8) is 0 Å². The molecule has 0 heterocycles. The quantitative estimate of drug-likeness (QED) is 0.778. The summed E-state index contributed by atoms with van der Waals surface area (Å²) in [6.45, 7) is 9.08. The number of rotatable bonds is 7. The van der Waals surface area contributed by atoms with E-state index in [1.807, 2.05) is 0 Å². The predicted octanol–water partition coefficient (Wildman–Crippen LogP) is 2.02. The van der Waals surface area contributed by atoms with Gasteiger partial charge in [0.05, 0.1) is 4.90 Å². The van der Waals surface area contributed by atoms with E-state index in [9.17, 15) is 8.42 Å². The third kappa shape index (κ3) is 5.89. The summed E-state index contributed by atoms with van der Waals surface area (Å²) >= 11 is 0. The molecule has 0 radical (unpaired) electrons. The minimum absolute atomic E-state index is 0.260. The SMILES string of the molecule is C=C(CNC(C)C)COc1cccc(S(C)(=O)=O)c1. The van der Waals surface area contributed by atoms with Gasteiger partial charge < -0.3 is 10.1 Å². The van der Waals surface area contributed by atoms with E-state index in [1.165, 1.54) is 12.3 Å². The van der Waals surface area contributed by atoms with Gasteiger partial charge >= 0.3 is 0 Å². The van der Waals surface area contributed by atoms with Gasteiger partial charge in [-0.2, -0.15) is 0 Å². The Kier molecular flexibility index (Phi) is 5.57. The molecule has 0 fully saturated rings. The third-order valence-electron chi connectivity index (χ3n) is 2.44. The van der Waals surface area contributed by atoms with E-state index >= 15 is 0 Å². The highest BCUT2D eigenvalue weighted by molar-refractivity contribution is 7.90. The van der Waals surface area contributed by atoms with Crippen LogP contribution in [0.15, 0.2) is 41.3 Å². The molecule has 1 aromatic rings. The maximum absolute atomic E-state index is 11.4. The Morgan fingerprint density at radius 3 is 2.68 bits per heavy atom. The van der Waals surface area contributed by atoms with Gasteiger partial charge in [0.2, 0.25) is 0 Å². The summed E-state index contributed by atoms with van der Waals surface area (Å²) in [5.74, 6) is 0.536. The van der Waals surface area contributed by atoms with Crippen molar-refractivity contribution in [1.29, 1.82) is 0 Å². The van der Waals surface area contributed by atoms with Crippen molar-refractivity contribution in [2.45, 2.75) is 24.8 Å². The van der Waals surface area contributed by atoms with Crippen molar-refractivity contribution >= 4 is 9.84 Å². The van der Waals surface area contributed by atoms with Crippen LogP contribution in [0.2, 0.25) is 0 Å². The Hall–Kier alpha value is -1.33. The number of ether oxygens (including phenoxy) is 1. The molecule has 0 saturated heterocycles. The number of hydrogen-bond acceptors (Lipinski definition) is 4. The van der Waals surface area contributed by atoms with Gasteiger partial charge in [-0.15, -0.1) is 0 Å². The summed E-state index contributed by atoms with van der Waals surface area (Å²) in [7, 11) is -3.20. The van der Waals surface area contributed by atoms with Gasteiger partial charge in [-0.1, -0.05) is 26.5 Å². The summed E-state index contributed by atoms with van der Waals surface area (Å²) in [6.07, 6.45) is 1.18. The van der Waals surface area contributed by atoms with Gasteiger partial charge in [-0.3, -0.25) is 0 Å². The van der Waals surface area contributed by atoms with E-state index in [1.54, 1.807) is 18.2 Å². The monoisotopic (exact) mass is 283 g/mol. The van der Waals surface area contributed by atoms with E-state index < -0.39 is 9.84 Å². The molecule has 0 aliphatic heterocycles. The highest BCUT2D eigenvalue weighted by Crippen LogP contribution is 2.17. The standard InChI is InChI=1S/C14H21NO3S/c1-11(2)15-9-12(3)10-18-13-6-5-7-14(8-13)19(4,16)17/h5-8,11,15H,3,9-10H2,1-2,4H3. The zero-order valence-electron chi connectivity index (χ0n) is 11.6. The van der Waals surface area contributed by atoms with E-state index in [-0.39, 0.29) is 4.90 Å². The van der Waals surface area contributed by atoms with E-state index in [0.717, 1.165) is 5.57 Å². The van der Waals surface area contributed by atoms with Crippen molar-refractivity contribution in [3.8, 4) is 5.75 Å². The second-order valence-corrected chi connectivity index (χ2v) is 6.84. The number of nitrogens with one attached hydrogen (secondary N) is 1. The van der Waals surface area contributed by atoms with Gasteiger partial charge in [0.15, 0.2) is 9.84 Å². The molecule has 4 nitrogen and oxygen atoms in total. The van der Waals surface area contributed by atoms with Gasteiger partial charge in [0.1, 0.15) is 12.4 Å². The smallest absolute Gasteiger partial charge is 0.175 e. The molecule has 19 heavy (non-hydrogen) atoms. The Balaban J connectivity index is 2.57. The van der Waals surface area contributed by atoms with Crippen LogP contribution in [0.25, 0.3) is 0 Å². The Morgan fingerprint density at radius 2 is 2.11 bits per heavy atom. The molecule has 1 aromatic carbocycles. The molecule has 0 unspecified atom stereocenters. The van der Waals surface area contributed by atoms with Crippen LogP contribution in [0, 0.1) is 0 Å². The molecule has 0 bridgehead atoms. The maximum atomic E-state index is 11.4. The fourth-order valence-electron chi connectivity index (χ4n) is 1.38. The molecule has 0 spiro atoms. The number of hydrogen-bond donors (Lipinski definition) is 1. The molecular formula is C14H21NO3S. The average molecular weight is 283 g/mol. The highest BCUT2D eigenvalue weighted by Gasteiger charge is 2.08. The van der Waals surface area contributed by atoms with Crippen LogP contribution >= 0.6 is 0 Å². The number of benzene rings is 1. The van der Waals surface area contributed by atoms with Gasteiger partial charge in [-0.05, 0) is 23.8 Å². The minimum atomic E-state index is -3.20. The zero-order chi connectivity index (χ0) is 14.5. The second kappa shape index (κ2) is 6.73. The first kappa shape index (κ1) is 15.7. The molecule has 1 N–H and O–H groups in total. The lowest BCUT2D eigenvalue weighted by Crippen LogP contribution is -2.26. The van der Waals surface area contributed by atoms with Crippen molar-refractivity contribution in [3.05, 3.63) is 36.4 Å². The highest BCUT2D eigenvalue weighted by atomic mass is 32.2. The first-order chi connectivity index (χ1) is 8.79. The van der Waals surface area contributed by atoms with E-state index in [0.29, 0.717) is 24.9 Å². The fraction of sp³-hybridized carbons (Fsp3) is 0.429. The Morgan fingerprint density at radius 1 is 1.42 bits per heavy atom. The Bertz CT molecular complexity index is 535. The average Bonchev–Trinajstić information content (AvgIpc) is 2.33. The lowest BCUT2D eigenvalue weighted by molar-refractivity contribution is 0.346. The molecule has 0 amide bonds. The molecule has 0 aliphatic carbocycles. The largest absolute Gasteiger partial charge is 0.489 e. The Labute approximate surface area is 115 Å². The van der Waals surface area contributed by atoms with Gasteiger partial charge in [-0.25, -0.2) is 8.42 Å². The maximum Gasteiger partial charge on any atom is 0.175 e. The molecule has 0 aliphatic rings. The van der Waals surface area contributed by atoms with E-state index in [4.69, 9.17) is 4.74 Å². The molecule has 0 atom stereocenters. The fourth-order valence-corrected chi connectivity index (χ4v) is 2.04. The van der Waals surface area contributed by atoms with Crippen molar-refractivity contribution in [2.75, 3.05) is 19.4 Å². The normalized spacial score (nSPS) is 11.6. The predicted molar refractivity (Wildman–Crippen MR) is 77.3 cm³/mol. The van der Waals surface area contributed by atoms with Crippen LogP contribution in [0.3, 0.4) is 0 Å². The first-order valence-electron chi connectivity index (χ1n) is 6.12. The van der Waals surface area contributed by atoms with Crippen LogP contribution < -0.4 is 10.1 Å². The summed E-state index contributed by atoms with van der Waals surface area (Å²) in [6, 6.07) is 6.87. The van der Waals surface area contributed by atoms with Crippen LogP contribution in [-0.2, 0) is 9.84 Å². The summed E-state index contributed by atoms with van der Waals surface area (Å²) in [5, 5.41) is 3.24. The van der Waals surface area contributed by atoms with Crippen LogP contribution in [0.1, 0.15) is 13.8 Å². The van der Waals surface area contributed by atoms with Gasteiger partial charge in [0, 0.05) is 18.8 Å². The lowest BCUT2D eigenvalue weighted by atomic mass is 10.3. The van der Waals surface area contributed by atoms with Gasteiger partial charge in [0.25, 0.3) is 0 Å². The molecule has 5 heteroatoms. The van der Waals surface area contributed by atoms with Crippen molar-refractivity contribution in [2.24, 2.45) is 0 Å². The summed E-state index contributed by atoms with van der Waals surface area (Å²) < 4.78 is 28.4. The molecule has 0 aromatic heterocycles. The first-order valence-corrected chi connectivity index (χ1v) is 8.01. The van der Waals surface area contributed by atoms with Crippen LogP contribution in [-0.4, -0.2) is 33.9 Å². The second-order valence-electron chi connectivity index (χ2n) is 4.82. The molecule has 106 valence electrons. The molecule has 0 saturated carbocycles. The van der Waals surface area contributed by atoms with Crippen LogP contribution in [0.5, 0.6) is 5.75 Å². The lowest BCUT2D eigenvalue weighted by Gasteiger charge is -2.12. The van der Waals surface area contributed by atoms with Crippen molar-refractivity contribution < 1.29 is 13.2 Å². The topological polar surface area (TPSA) is 55.4 Å². The third-order valence-corrected chi connectivity index (χ3v) is 3.55. The van der Waals surface area contributed by atoms with Crippen molar-refractivity contribution in [1.82, 2.24) is 5.32 Å². The summed E-state index contributed by atoms with van der Waals surface area (Å²) in [5.41, 5.74) is 0.915. The molecular weight excluding hydrogens is 262 g/mol. The van der Waals surface area contributed by atoms with Crippen LogP contribution in [0.4, 0.5) is 0 Å². The number of sulfone groups is 1.